The van der Waals surface area contributed by atoms with Crippen molar-refractivity contribution in [3.8, 4) is 0 Å². The van der Waals surface area contributed by atoms with Crippen molar-refractivity contribution in [2.75, 3.05) is 0 Å². The van der Waals surface area contributed by atoms with E-state index in [1.165, 1.54) is 5.56 Å². The zero-order valence-corrected chi connectivity index (χ0v) is 14.7. The van der Waals surface area contributed by atoms with Crippen molar-refractivity contribution in [1.82, 2.24) is 5.32 Å². The zero-order chi connectivity index (χ0) is 15.5. The summed E-state index contributed by atoms with van der Waals surface area (Å²) < 4.78 is 0. The van der Waals surface area contributed by atoms with E-state index in [-0.39, 0.29) is 35.8 Å². The van der Waals surface area contributed by atoms with E-state index >= 15 is 0 Å². The van der Waals surface area contributed by atoms with Crippen LogP contribution in [-0.2, 0) is 11.2 Å². The molecule has 1 aliphatic rings. The van der Waals surface area contributed by atoms with Gasteiger partial charge in [0.15, 0.2) is 0 Å². The maximum atomic E-state index is 12.5. The lowest BCUT2D eigenvalue weighted by Gasteiger charge is -2.37. The molecule has 0 radical (unpaired) electrons. The summed E-state index contributed by atoms with van der Waals surface area (Å²) in [5.74, 6) is 0.0374. The largest absolute Gasteiger partial charge is 0.349 e. The molecule has 3 atom stereocenters. The van der Waals surface area contributed by atoms with Crippen LogP contribution in [0.5, 0.6) is 0 Å². The van der Waals surface area contributed by atoms with Gasteiger partial charge >= 0.3 is 0 Å². The Morgan fingerprint density at radius 2 is 2.00 bits per heavy atom. The van der Waals surface area contributed by atoms with Crippen LogP contribution in [0.1, 0.15) is 63.6 Å². The van der Waals surface area contributed by atoms with Gasteiger partial charge in [0.1, 0.15) is 0 Å². The summed E-state index contributed by atoms with van der Waals surface area (Å²) in [7, 11) is 0. The number of halogens is 1. The minimum Gasteiger partial charge on any atom is -0.349 e. The molecule has 1 saturated carbocycles. The molecule has 22 heavy (non-hydrogen) atoms. The van der Waals surface area contributed by atoms with Crippen molar-refractivity contribution in [3.05, 3.63) is 35.4 Å². The Labute approximate surface area is 140 Å². The summed E-state index contributed by atoms with van der Waals surface area (Å²) in [4.78, 5) is 12.5. The van der Waals surface area contributed by atoms with E-state index in [1.54, 1.807) is 0 Å². The number of hydrogen-bond acceptors (Lipinski definition) is 2. The van der Waals surface area contributed by atoms with Gasteiger partial charge in [0.25, 0.3) is 0 Å². The van der Waals surface area contributed by atoms with Crippen LogP contribution in [0, 0.1) is 5.92 Å². The molecule has 0 bridgehead atoms. The van der Waals surface area contributed by atoms with E-state index in [2.05, 4.69) is 36.5 Å². The molecule has 3 nitrogen and oxygen atoms in total. The van der Waals surface area contributed by atoms with E-state index in [0.717, 1.165) is 37.7 Å². The van der Waals surface area contributed by atoms with Crippen molar-refractivity contribution in [3.63, 3.8) is 0 Å². The molecule has 0 saturated heterocycles. The zero-order valence-electron chi connectivity index (χ0n) is 13.9. The highest BCUT2D eigenvalue weighted by molar-refractivity contribution is 5.85. The molecular formula is C18H29ClN2O. The SMILES string of the molecule is CCc1ccc(C(C)NC(=O)C2CCCCC2(C)N)cc1.Cl. The number of carbonyl (C=O) groups excluding carboxylic acids is 1. The van der Waals surface area contributed by atoms with Crippen molar-refractivity contribution in [1.29, 1.82) is 0 Å². The van der Waals surface area contributed by atoms with Gasteiger partial charge in [0.2, 0.25) is 5.91 Å². The fraction of sp³-hybridized carbons (Fsp3) is 0.611. The van der Waals surface area contributed by atoms with Crippen LogP contribution in [0.15, 0.2) is 24.3 Å². The second-order valence-corrected chi connectivity index (χ2v) is 6.63. The van der Waals surface area contributed by atoms with Crippen LogP contribution >= 0.6 is 12.4 Å². The Bertz CT molecular complexity index is 484. The fourth-order valence-corrected chi connectivity index (χ4v) is 3.23. The third-order valence-corrected chi connectivity index (χ3v) is 4.82. The van der Waals surface area contributed by atoms with Crippen molar-refractivity contribution in [2.24, 2.45) is 11.7 Å². The van der Waals surface area contributed by atoms with E-state index in [1.807, 2.05) is 13.8 Å². The summed E-state index contributed by atoms with van der Waals surface area (Å²) in [6.45, 7) is 6.19. The van der Waals surface area contributed by atoms with Gasteiger partial charge in [-0.2, -0.15) is 0 Å². The number of nitrogens with one attached hydrogen (secondary N) is 1. The first-order valence-corrected chi connectivity index (χ1v) is 8.12. The van der Waals surface area contributed by atoms with Crippen LogP contribution in [0.4, 0.5) is 0 Å². The van der Waals surface area contributed by atoms with Crippen LogP contribution in [0.2, 0.25) is 0 Å². The topological polar surface area (TPSA) is 55.1 Å². The molecule has 3 N–H and O–H groups in total. The Morgan fingerprint density at radius 1 is 1.36 bits per heavy atom. The first-order chi connectivity index (χ1) is 9.94. The van der Waals surface area contributed by atoms with E-state index in [0.29, 0.717) is 0 Å². The molecule has 0 spiro atoms. The summed E-state index contributed by atoms with van der Waals surface area (Å²) in [5, 5.41) is 3.14. The quantitative estimate of drug-likeness (QED) is 0.886. The van der Waals surface area contributed by atoms with Gasteiger partial charge in [0.05, 0.1) is 12.0 Å². The molecule has 1 aromatic carbocycles. The maximum Gasteiger partial charge on any atom is 0.225 e. The Balaban J connectivity index is 0.00000242. The van der Waals surface area contributed by atoms with Gasteiger partial charge in [-0.05, 0) is 44.2 Å². The second-order valence-electron chi connectivity index (χ2n) is 6.63. The van der Waals surface area contributed by atoms with Crippen LogP contribution in [0.3, 0.4) is 0 Å². The highest BCUT2D eigenvalue weighted by Crippen LogP contribution is 2.32. The molecule has 0 heterocycles. The molecule has 1 aromatic rings. The van der Waals surface area contributed by atoms with E-state index in [9.17, 15) is 4.79 Å². The highest BCUT2D eigenvalue weighted by atomic mass is 35.5. The minimum atomic E-state index is -0.367. The van der Waals surface area contributed by atoms with Gasteiger partial charge in [0, 0.05) is 5.54 Å². The molecule has 1 amide bonds. The Morgan fingerprint density at radius 3 is 2.55 bits per heavy atom. The summed E-state index contributed by atoms with van der Waals surface area (Å²) >= 11 is 0. The molecule has 0 aromatic heterocycles. The third-order valence-electron chi connectivity index (χ3n) is 4.82. The van der Waals surface area contributed by atoms with E-state index in [4.69, 9.17) is 5.73 Å². The molecular weight excluding hydrogens is 296 g/mol. The van der Waals surface area contributed by atoms with Gasteiger partial charge in [-0.15, -0.1) is 12.4 Å². The first-order valence-electron chi connectivity index (χ1n) is 8.12. The molecule has 4 heteroatoms. The lowest BCUT2D eigenvalue weighted by molar-refractivity contribution is -0.128. The number of rotatable bonds is 4. The number of nitrogens with two attached hydrogens (primary N) is 1. The lowest BCUT2D eigenvalue weighted by atomic mass is 9.74. The lowest BCUT2D eigenvalue weighted by Crippen LogP contribution is -2.53. The number of amides is 1. The fourth-order valence-electron chi connectivity index (χ4n) is 3.23. The van der Waals surface area contributed by atoms with Crippen LogP contribution < -0.4 is 11.1 Å². The minimum absolute atomic E-state index is 0. The summed E-state index contributed by atoms with van der Waals surface area (Å²) in [5.41, 5.74) is 8.41. The molecule has 124 valence electrons. The van der Waals surface area contributed by atoms with Gasteiger partial charge < -0.3 is 11.1 Å². The van der Waals surface area contributed by atoms with Gasteiger partial charge in [-0.3, -0.25) is 4.79 Å². The van der Waals surface area contributed by atoms with Gasteiger partial charge in [-0.1, -0.05) is 44.0 Å². The number of carbonyl (C=O) groups is 1. The Kier molecular flexibility index (Phi) is 6.89. The molecule has 0 aliphatic heterocycles. The number of aryl methyl sites for hydroxylation is 1. The highest BCUT2D eigenvalue weighted by Gasteiger charge is 2.38. The van der Waals surface area contributed by atoms with Crippen molar-refractivity contribution < 1.29 is 4.79 Å². The number of hydrogen-bond donors (Lipinski definition) is 2. The van der Waals surface area contributed by atoms with Crippen LogP contribution in [0.25, 0.3) is 0 Å². The molecule has 3 unspecified atom stereocenters. The second kappa shape index (κ2) is 7.98. The standard InChI is InChI=1S/C18H28N2O.ClH/c1-4-14-8-10-15(11-9-14)13(2)20-17(21)16-7-5-6-12-18(16,3)19;/h8-11,13,16H,4-7,12,19H2,1-3H3,(H,20,21);1H. The predicted molar refractivity (Wildman–Crippen MR) is 94.2 cm³/mol. The van der Waals surface area contributed by atoms with Crippen LogP contribution in [-0.4, -0.2) is 11.4 Å². The molecule has 2 rings (SSSR count). The summed E-state index contributed by atoms with van der Waals surface area (Å²) in [6, 6.07) is 8.50. The normalized spacial score (nSPS) is 25.9. The van der Waals surface area contributed by atoms with Crippen molar-refractivity contribution >= 4 is 18.3 Å². The van der Waals surface area contributed by atoms with Gasteiger partial charge in [-0.25, -0.2) is 0 Å². The monoisotopic (exact) mass is 324 g/mol. The Hall–Kier alpha value is -1.06. The average molecular weight is 325 g/mol. The maximum absolute atomic E-state index is 12.5. The van der Waals surface area contributed by atoms with E-state index < -0.39 is 0 Å². The first kappa shape index (κ1) is 19.0. The predicted octanol–water partition coefficient (Wildman–Crippen LogP) is 3.76. The average Bonchev–Trinajstić information content (AvgIpc) is 2.46. The summed E-state index contributed by atoms with van der Waals surface area (Å²) in [6.07, 6.45) is 5.11. The number of benzene rings is 1. The third kappa shape index (κ3) is 4.47. The van der Waals surface area contributed by atoms with Crippen molar-refractivity contribution in [2.45, 2.75) is 64.5 Å². The molecule has 1 aliphatic carbocycles. The smallest absolute Gasteiger partial charge is 0.225 e. The molecule has 1 fully saturated rings.